The fraction of sp³-hybridized carbons (Fsp3) is 0.273. The standard InChI is InChI=1S/C22H24N4O2.H2/c1-5-13-8-19-24-10-16(21(28)26(19)12-13)20(27)25-14-6-7-15-17(22(2,3)4)11-23-18(15)9-14;/h6-12,23-24H,5H2,1-4H3,(H,25,27);1H. The minimum atomic E-state index is -0.433. The van der Waals surface area contributed by atoms with E-state index in [1.807, 2.05) is 37.4 Å². The van der Waals surface area contributed by atoms with Gasteiger partial charge in [0.15, 0.2) is 0 Å². The lowest BCUT2D eigenvalue weighted by atomic mass is 9.87. The minimum Gasteiger partial charge on any atom is -0.361 e. The van der Waals surface area contributed by atoms with E-state index in [1.165, 1.54) is 16.2 Å². The maximum Gasteiger partial charge on any atom is 0.270 e. The van der Waals surface area contributed by atoms with Crippen LogP contribution >= 0.6 is 0 Å². The summed E-state index contributed by atoms with van der Waals surface area (Å²) in [5, 5.41) is 3.96. The van der Waals surface area contributed by atoms with Crippen molar-refractivity contribution in [3.63, 3.8) is 0 Å². The monoisotopic (exact) mass is 378 g/mol. The third kappa shape index (κ3) is 3.01. The van der Waals surface area contributed by atoms with E-state index < -0.39 is 5.91 Å². The van der Waals surface area contributed by atoms with Crippen molar-refractivity contribution in [1.82, 2.24) is 14.4 Å². The molecular formula is C22H26N4O2. The number of fused-ring (bicyclic) bond motifs is 2. The predicted octanol–water partition coefficient (Wildman–Crippen LogP) is 4.47. The third-order valence-corrected chi connectivity index (χ3v) is 5.09. The quantitative estimate of drug-likeness (QED) is 0.492. The molecule has 6 heteroatoms. The number of aromatic amines is 2. The molecule has 0 radical (unpaired) electrons. The molecule has 1 aromatic carbocycles. The molecule has 0 unspecified atom stereocenters. The van der Waals surface area contributed by atoms with E-state index in [4.69, 9.17) is 0 Å². The van der Waals surface area contributed by atoms with E-state index in [1.54, 1.807) is 6.20 Å². The van der Waals surface area contributed by atoms with Crippen LogP contribution in [0.25, 0.3) is 16.6 Å². The number of H-pyrrole nitrogens is 2. The van der Waals surface area contributed by atoms with Crippen LogP contribution < -0.4 is 10.9 Å². The number of amides is 1. The fourth-order valence-corrected chi connectivity index (χ4v) is 3.51. The molecule has 1 amide bonds. The first-order chi connectivity index (χ1) is 13.3. The van der Waals surface area contributed by atoms with Crippen molar-refractivity contribution >= 4 is 28.1 Å². The average Bonchev–Trinajstić information content (AvgIpc) is 3.25. The number of nitrogens with zero attached hydrogens (tertiary/aromatic N) is 1. The molecule has 3 aromatic heterocycles. The summed E-state index contributed by atoms with van der Waals surface area (Å²) in [7, 11) is 0. The lowest BCUT2D eigenvalue weighted by Crippen LogP contribution is -2.25. The van der Waals surface area contributed by atoms with Crippen molar-refractivity contribution in [3.8, 4) is 0 Å². The summed E-state index contributed by atoms with van der Waals surface area (Å²) in [6, 6.07) is 7.66. The van der Waals surface area contributed by atoms with Crippen LogP contribution in [-0.2, 0) is 11.8 Å². The van der Waals surface area contributed by atoms with Gasteiger partial charge in [0.2, 0.25) is 0 Å². The first kappa shape index (κ1) is 18.1. The lowest BCUT2D eigenvalue weighted by molar-refractivity contribution is 0.102. The van der Waals surface area contributed by atoms with Crippen LogP contribution in [0.3, 0.4) is 0 Å². The summed E-state index contributed by atoms with van der Waals surface area (Å²) in [6.07, 6.45) is 6.07. The topological polar surface area (TPSA) is 82.2 Å². The van der Waals surface area contributed by atoms with Crippen LogP contribution in [-0.4, -0.2) is 20.3 Å². The Bertz CT molecular complexity index is 1260. The molecule has 0 aliphatic heterocycles. The van der Waals surface area contributed by atoms with Gasteiger partial charge < -0.3 is 15.3 Å². The Hall–Kier alpha value is -3.28. The van der Waals surface area contributed by atoms with Gasteiger partial charge in [0.05, 0.1) is 0 Å². The number of carbonyl (C=O) groups excluding carboxylic acids is 1. The van der Waals surface area contributed by atoms with Crippen molar-refractivity contribution in [2.24, 2.45) is 0 Å². The van der Waals surface area contributed by atoms with Crippen LogP contribution in [0.4, 0.5) is 5.69 Å². The molecule has 4 rings (SSSR count). The summed E-state index contributed by atoms with van der Waals surface area (Å²) in [5.74, 6) is -0.433. The third-order valence-electron chi connectivity index (χ3n) is 5.09. The number of benzene rings is 1. The van der Waals surface area contributed by atoms with Gasteiger partial charge in [-0.25, -0.2) is 0 Å². The molecule has 4 aromatic rings. The normalized spacial score (nSPS) is 12.0. The number of aryl methyl sites for hydroxylation is 1. The van der Waals surface area contributed by atoms with E-state index in [-0.39, 0.29) is 18.0 Å². The Balaban J connectivity index is 0.00000240. The zero-order valence-corrected chi connectivity index (χ0v) is 16.5. The van der Waals surface area contributed by atoms with Crippen LogP contribution in [0.5, 0.6) is 0 Å². The maximum atomic E-state index is 12.7. The van der Waals surface area contributed by atoms with Crippen LogP contribution in [0.15, 0.2) is 47.7 Å². The summed E-state index contributed by atoms with van der Waals surface area (Å²) >= 11 is 0. The summed E-state index contributed by atoms with van der Waals surface area (Å²) in [5.41, 5.74) is 4.31. The summed E-state index contributed by atoms with van der Waals surface area (Å²) in [4.78, 5) is 31.7. The highest BCUT2D eigenvalue weighted by molar-refractivity contribution is 6.05. The van der Waals surface area contributed by atoms with E-state index >= 15 is 0 Å². The lowest BCUT2D eigenvalue weighted by Gasteiger charge is -2.17. The molecule has 0 bridgehead atoms. The van der Waals surface area contributed by atoms with Crippen LogP contribution in [0, 0.1) is 0 Å². The summed E-state index contributed by atoms with van der Waals surface area (Å²) < 4.78 is 1.48. The zero-order valence-electron chi connectivity index (χ0n) is 16.5. The van der Waals surface area contributed by atoms with Crippen molar-refractivity contribution in [3.05, 3.63) is 69.9 Å². The highest BCUT2D eigenvalue weighted by Gasteiger charge is 2.19. The van der Waals surface area contributed by atoms with E-state index in [0.717, 1.165) is 22.9 Å². The SMILES string of the molecule is CCc1cc2[nH]cc(C(=O)Nc3ccc4c(C(C)(C)C)c[nH]c4c3)c(=O)n2c1.[HH]. The van der Waals surface area contributed by atoms with Crippen LogP contribution in [0.1, 0.15) is 50.6 Å². The van der Waals surface area contributed by atoms with E-state index in [9.17, 15) is 9.59 Å². The second-order valence-electron chi connectivity index (χ2n) is 8.13. The number of aromatic nitrogens is 3. The fourth-order valence-electron chi connectivity index (χ4n) is 3.51. The molecule has 0 aliphatic carbocycles. The molecule has 3 heterocycles. The average molecular weight is 378 g/mol. The molecule has 28 heavy (non-hydrogen) atoms. The van der Waals surface area contributed by atoms with Crippen molar-refractivity contribution in [1.29, 1.82) is 0 Å². The van der Waals surface area contributed by atoms with Gasteiger partial charge in [-0.2, -0.15) is 0 Å². The van der Waals surface area contributed by atoms with Gasteiger partial charge in [0, 0.05) is 36.6 Å². The highest BCUT2D eigenvalue weighted by Crippen LogP contribution is 2.31. The maximum absolute atomic E-state index is 12.7. The van der Waals surface area contributed by atoms with Gasteiger partial charge >= 0.3 is 0 Å². The van der Waals surface area contributed by atoms with Crippen molar-refractivity contribution in [2.75, 3.05) is 5.32 Å². The highest BCUT2D eigenvalue weighted by atomic mass is 16.2. The Kier molecular flexibility index (Phi) is 4.14. The smallest absolute Gasteiger partial charge is 0.270 e. The van der Waals surface area contributed by atoms with Gasteiger partial charge in [0.1, 0.15) is 11.2 Å². The molecule has 0 fully saturated rings. The molecular weight excluding hydrogens is 352 g/mol. The van der Waals surface area contributed by atoms with E-state index in [2.05, 4.69) is 36.1 Å². The number of anilines is 1. The predicted molar refractivity (Wildman–Crippen MR) is 114 cm³/mol. The molecule has 146 valence electrons. The number of nitrogens with one attached hydrogen (secondary N) is 3. The molecule has 0 spiro atoms. The molecule has 6 nitrogen and oxygen atoms in total. The molecule has 0 aliphatic rings. The van der Waals surface area contributed by atoms with E-state index in [0.29, 0.717) is 11.3 Å². The number of carbonyl (C=O) groups is 1. The van der Waals surface area contributed by atoms with Gasteiger partial charge in [-0.15, -0.1) is 0 Å². The van der Waals surface area contributed by atoms with Gasteiger partial charge in [-0.3, -0.25) is 14.0 Å². The largest absolute Gasteiger partial charge is 0.361 e. The van der Waals surface area contributed by atoms with Crippen molar-refractivity contribution < 1.29 is 6.22 Å². The Morgan fingerprint density at radius 1 is 1.18 bits per heavy atom. The molecule has 0 atom stereocenters. The second kappa shape index (κ2) is 6.41. The minimum absolute atomic E-state index is 0. The van der Waals surface area contributed by atoms with Gasteiger partial charge in [0.25, 0.3) is 11.5 Å². The Labute approximate surface area is 164 Å². The Morgan fingerprint density at radius 3 is 2.68 bits per heavy atom. The van der Waals surface area contributed by atoms with Gasteiger partial charge in [-0.1, -0.05) is 33.8 Å². The number of hydrogen-bond donors (Lipinski definition) is 3. The first-order valence-electron chi connectivity index (χ1n) is 9.43. The molecule has 0 saturated heterocycles. The first-order valence-corrected chi connectivity index (χ1v) is 9.43. The number of rotatable bonds is 3. The zero-order chi connectivity index (χ0) is 20.1. The Morgan fingerprint density at radius 2 is 1.96 bits per heavy atom. The van der Waals surface area contributed by atoms with Crippen molar-refractivity contribution in [2.45, 2.75) is 39.5 Å². The summed E-state index contributed by atoms with van der Waals surface area (Å²) in [6.45, 7) is 8.52. The number of hydrogen-bond acceptors (Lipinski definition) is 2. The molecule has 3 N–H and O–H groups in total. The molecule has 0 saturated carbocycles. The second-order valence-corrected chi connectivity index (χ2v) is 8.13. The van der Waals surface area contributed by atoms with Crippen LogP contribution in [0.2, 0.25) is 0 Å². The van der Waals surface area contributed by atoms with Gasteiger partial charge in [-0.05, 0) is 41.2 Å².